The monoisotopic (exact) mass is 308 g/mol. The van der Waals surface area contributed by atoms with Gasteiger partial charge in [-0.15, -0.1) is 0 Å². The first-order valence-corrected chi connectivity index (χ1v) is 8.27. The van der Waals surface area contributed by atoms with Crippen LogP contribution in [-0.2, 0) is 9.84 Å². The van der Waals surface area contributed by atoms with Gasteiger partial charge in [0.2, 0.25) is 0 Å². The van der Waals surface area contributed by atoms with Gasteiger partial charge in [-0.2, -0.15) is 0 Å². The summed E-state index contributed by atoms with van der Waals surface area (Å²) in [5.74, 6) is -0.309. The Morgan fingerprint density at radius 2 is 1.90 bits per heavy atom. The van der Waals surface area contributed by atoms with E-state index in [2.05, 4.69) is 10.3 Å². The van der Waals surface area contributed by atoms with Gasteiger partial charge >= 0.3 is 0 Å². The van der Waals surface area contributed by atoms with Crippen molar-refractivity contribution in [3.63, 3.8) is 0 Å². The summed E-state index contributed by atoms with van der Waals surface area (Å²) in [6.07, 6.45) is 2.75. The van der Waals surface area contributed by atoms with Gasteiger partial charge in [0.1, 0.15) is 5.82 Å². The molecule has 2 rings (SSSR count). The minimum absolute atomic E-state index is 0.0745. The SMILES string of the molecule is CCS(=O)(=O)c1ccc(NC(C)c2cncc(F)c2)cc1. The van der Waals surface area contributed by atoms with Crippen molar-refractivity contribution in [1.29, 1.82) is 0 Å². The maximum atomic E-state index is 13.1. The fourth-order valence-corrected chi connectivity index (χ4v) is 2.81. The zero-order valence-electron chi connectivity index (χ0n) is 11.9. The summed E-state index contributed by atoms with van der Waals surface area (Å²) in [7, 11) is -3.19. The summed E-state index contributed by atoms with van der Waals surface area (Å²) >= 11 is 0. The van der Waals surface area contributed by atoms with Gasteiger partial charge in [-0.25, -0.2) is 12.8 Å². The van der Waals surface area contributed by atoms with Crippen molar-refractivity contribution >= 4 is 15.5 Å². The van der Waals surface area contributed by atoms with Gasteiger partial charge in [-0.1, -0.05) is 6.92 Å². The Bertz CT molecular complexity index is 715. The largest absolute Gasteiger partial charge is 0.378 e. The Balaban J connectivity index is 2.14. The number of aromatic nitrogens is 1. The lowest BCUT2D eigenvalue weighted by Crippen LogP contribution is -2.08. The first kappa shape index (κ1) is 15.4. The van der Waals surface area contributed by atoms with Crippen LogP contribution in [0.4, 0.5) is 10.1 Å². The van der Waals surface area contributed by atoms with E-state index in [1.54, 1.807) is 37.4 Å². The van der Waals surface area contributed by atoms with Gasteiger partial charge in [0.05, 0.1) is 22.9 Å². The molecule has 0 saturated heterocycles. The maximum Gasteiger partial charge on any atom is 0.178 e. The highest BCUT2D eigenvalue weighted by Crippen LogP contribution is 2.21. The summed E-state index contributed by atoms with van der Waals surface area (Å²) in [6.45, 7) is 3.49. The van der Waals surface area contributed by atoms with Gasteiger partial charge in [0.15, 0.2) is 9.84 Å². The highest BCUT2D eigenvalue weighted by atomic mass is 32.2. The highest BCUT2D eigenvalue weighted by molar-refractivity contribution is 7.91. The zero-order chi connectivity index (χ0) is 15.5. The molecule has 1 aromatic carbocycles. The van der Waals surface area contributed by atoms with E-state index in [1.807, 2.05) is 6.92 Å². The highest BCUT2D eigenvalue weighted by Gasteiger charge is 2.12. The van der Waals surface area contributed by atoms with Crippen molar-refractivity contribution in [2.75, 3.05) is 11.1 Å². The molecule has 1 heterocycles. The number of hydrogen-bond donors (Lipinski definition) is 1. The van der Waals surface area contributed by atoms with Crippen LogP contribution in [0.1, 0.15) is 25.5 Å². The van der Waals surface area contributed by atoms with Crippen LogP contribution >= 0.6 is 0 Å². The minimum atomic E-state index is -3.19. The van der Waals surface area contributed by atoms with E-state index in [1.165, 1.54) is 6.07 Å². The molecule has 21 heavy (non-hydrogen) atoms. The topological polar surface area (TPSA) is 59.1 Å². The quantitative estimate of drug-likeness (QED) is 0.921. The van der Waals surface area contributed by atoms with E-state index in [0.29, 0.717) is 4.90 Å². The standard InChI is InChI=1S/C15H17FN2O2S/c1-3-21(19,20)15-6-4-14(5-7-15)18-11(2)12-8-13(16)10-17-9-12/h4-11,18H,3H2,1-2H3. The number of benzene rings is 1. The van der Waals surface area contributed by atoms with E-state index >= 15 is 0 Å². The first-order valence-electron chi connectivity index (χ1n) is 6.62. The molecule has 0 aliphatic carbocycles. The molecule has 4 nitrogen and oxygen atoms in total. The van der Waals surface area contributed by atoms with Crippen LogP contribution in [0.5, 0.6) is 0 Å². The Labute approximate surface area is 124 Å². The molecule has 1 aromatic heterocycles. The van der Waals surface area contributed by atoms with E-state index in [9.17, 15) is 12.8 Å². The molecule has 0 saturated carbocycles. The number of anilines is 1. The normalized spacial score (nSPS) is 12.9. The predicted molar refractivity (Wildman–Crippen MR) is 80.4 cm³/mol. The fourth-order valence-electron chi connectivity index (χ4n) is 1.92. The second-order valence-corrected chi connectivity index (χ2v) is 7.01. The van der Waals surface area contributed by atoms with Gasteiger partial charge in [-0.05, 0) is 42.8 Å². The summed E-state index contributed by atoms with van der Waals surface area (Å²) in [4.78, 5) is 4.11. The Hall–Kier alpha value is -1.95. The van der Waals surface area contributed by atoms with Gasteiger partial charge in [0.25, 0.3) is 0 Å². The van der Waals surface area contributed by atoms with Crippen molar-refractivity contribution < 1.29 is 12.8 Å². The molecule has 0 radical (unpaired) electrons. The van der Waals surface area contributed by atoms with Crippen molar-refractivity contribution in [3.8, 4) is 0 Å². The average molecular weight is 308 g/mol. The fraction of sp³-hybridized carbons (Fsp3) is 0.267. The molecule has 112 valence electrons. The first-order chi connectivity index (χ1) is 9.92. The lowest BCUT2D eigenvalue weighted by atomic mass is 10.1. The minimum Gasteiger partial charge on any atom is -0.378 e. The molecule has 1 unspecified atom stereocenters. The molecule has 0 aliphatic heterocycles. The van der Waals surface area contributed by atoms with Gasteiger partial charge < -0.3 is 5.32 Å². The summed E-state index contributed by atoms with van der Waals surface area (Å²) in [5, 5.41) is 3.18. The number of halogens is 1. The molecule has 0 amide bonds. The summed E-state index contributed by atoms with van der Waals surface area (Å²) in [6, 6.07) is 7.81. The zero-order valence-corrected chi connectivity index (χ0v) is 12.7. The maximum absolute atomic E-state index is 13.1. The third-order valence-electron chi connectivity index (χ3n) is 3.20. The van der Waals surface area contributed by atoms with Crippen molar-refractivity contribution in [2.45, 2.75) is 24.8 Å². The Morgan fingerprint density at radius 1 is 1.24 bits per heavy atom. The molecule has 0 spiro atoms. The second kappa shape index (κ2) is 6.22. The number of sulfone groups is 1. The Kier molecular flexibility index (Phi) is 4.57. The molecular formula is C15H17FN2O2S. The number of rotatable bonds is 5. The van der Waals surface area contributed by atoms with E-state index < -0.39 is 9.84 Å². The van der Waals surface area contributed by atoms with E-state index in [4.69, 9.17) is 0 Å². The van der Waals surface area contributed by atoms with Crippen LogP contribution in [0.3, 0.4) is 0 Å². The van der Waals surface area contributed by atoms with Gasteiger partial charge in [-0.3, -0.25) is 4.98 Å². The second-order valence-electron chi connectivity index (χ2n) is 4.73. The van der Waals surface area contributed by atoms with Crippen molar-refractivity contribution in [1.82, 2.24) is 4.98 Å². The molecule has 0 bridgehead atoms. The molecule has 1 atom stereocenters. The smallest absolute Gasteiger partial charge is 0.178 e. The van der Waals surface area contributed by atoms with Crippen LogP contribution in [0.25, 0.3) is 0 Å². The summed E-state index contributed by atoms with van der Waals surface area (Å²) < 4.78 is 36.6. The van der Waals surface area contributed by atoms with E-state index in [0.717, 1.165) is 17.4 Å². The molecule has 6 heteroatoms. The van der Waals surface area contributed by atoms with E-state index in [-0.39, 0.29) is 17.6 Å². The third-order valence-corrected chi connectivity index (χ3v) is 4.95. The van der Waals surface area contributed by atoms with Gasteiger partial charge in [0, 0.05) is 11.9 Å². The lowest BCUT2D eigenvalue weighted by Gasteiger charge is -2.15. The third kappa shape index (κ3) is 3.78. The lowest BCUT2D eigenvalue weighted by molar-refractivity contribution is 0.597. The number of hydrogen-bond acceptors (Lipinski definition) is 4. The number of pyridine rings is 1. The molecule has 0 aliphatic rings. The summed E-state index contributed by atoms with van der Waals surface area (Å²) in [5.41, 5.74) is 1.49. The predicted octanol–water partition coefficient (Wildman–Crippen LogP) is 3.19. The van der Waals surface area contributed by atoms with Crippen molar-refractivity contribution in [3.05, 3.63) is 54.1 Å². The van der Waals surface area contributed by atoms with Crippen LogP contribution in [0, 0.1) is 5.82 Å². The number of nitrogens with zero attached hydrogens (tertiary/aromatic N) is 1. The number of nitrogens with one attached hydrogen (secondary N) is 1. The molecule has 1 N–H and O–H groups in total. The Morgan fingerprint density at radius 3 is 2.48 bits per heavy atom. The van der Waals surface area contributed by atoms with Crippen LogP contribution < -0.4 is 5.32 Å². The molecule has 0 fully saturated rings. The average Bonchev–Trinajstić information content (AvgIpc) is 2.48. The molecular weight excluding hydrogens is 291 g/mol. The van der Waals surface area contributed by atoms with Crippen LogP contribution in [0.15, 0.2) is 47.6 Å². The van der Waals surface area contributed by atoms with Crippen LogP contribution in [0.2, 0.25) is 0 Å². The van der Waals surface area contributed by atoms with Crippen LogP contribution in [-0.4, -0.2) is 19.2 Å². The van der Waals surface area contributed by atoms with Crippen molar-refractivity contribution in [2.24, 2.45) is 0 Å². The molecule has 2 aromatic rings.